The summed E-state index contributed by atoms with van der Waals surface area (Å²) in [5, 5.41) is 12.0. The molecular formula is C15H9N3O2S. The predicted octanol–water partition coefficient (Wildman–Crippen LogP) is 3.54. The standard InChI is InChI=1S/C15H9N3O2S/c1-9-12(7-16)21-15(13(9)17-2)18-14(20)11-5-3-10(8-19)4-6-11/h3-6,8H,1H3,(H,18,20). The largest absolute Gasteiger partial charge is 0.322 e. The van der Waals surface area contributed by atoms with Gasteiger partial charge in [-0.15, -0.1) is 11.3 Å². The number of benzene rings is 1. The SMILES string of the molecule is [C-]#[N+]c1c(NC(=O)c2ccc(C=O)cc2)sc(C#N)c1C. The predicted molar refractivity (Wildman–Crippen MR) is 79.8 cm³/mol. The van der Waals surface area contributed by atoms with Crippen molar-refractivity contribution in [1.29, 1.82) is 5.26 Å². The van der Waals surface area contributed by atoms with Crippen molar-refractivity contribution in [2.45, 2.75) is 6.92 Å². The molecule has 1 aromatic carbocycles. The number of amides is 1. The van der Waals surface area contributed by atoms with E-state index in [1.165, 1.54) is 24.3 Å². The molecule has 0 fully saturated rings. The fourth-order valence-electron chi connectivity index (χ4n) is 1.72. The van der Waals surface area contributed by atoms with Crippen LogP contribution >= 0.6 is 11.3 Å². The Balaban J connectivity index is 2.29. The van der Waals surface area contributed by atoms with E-state index in [0.717, 1.165) is 11.3 Å². The molecule has 0 aliphatic rings. The average molecular weight is 295 g/mol. The van der Waals surface area contributed by atoms with Crippen LogP contribution in [0.15, 0.2) is 24.3 Å². The Labute approximate surface area is 125 Å². The molecule has 0 saturated heterocycles. The maximum absolute atomic E-state index is 12.1. The third-order valence-corrected chi connectivity index (χ3v) is 3.97. The monoisotopic (exact) mass is 295 g/mol. The zero-order chi connectivity index (χ0) is 15.4. The average Bonchev–Trinajstić information content (AvgIpc) is 2.82. The van der Waals surface area contributed by atoms with Crippen LogP contribution in [0.5, 0.6) is 0 Å². The summed E-state index contributed by atoms with van der Waals surface area (Å²) in [7, 11) is 0. The van der Waals surface area contributed by atoms with Gasteiger partial charge in [-0.2, -0.15) is 5.26 Å². The molecule has 2 rings (SSSR count). The molecule has 0 aliphatic carbocycles. The van der Waals surface area contributed by atoms with Gasteiger partial charge in [0.15, 0.2) is 0 Å². The summed E-state index contributed by atoms with van der Waals surface area (Å²) in [6, 6.07) is 8.14. The summed E-state index contributed by atoms with van der Waals surface area (Å²) in [6.07, 6.45) is 0.695. The van der Waals surface area contributed by atoms with Gasteiger partial charge >= 0.3 is 0 Å². The van der Waals surface area contributed by atoms with E-state index in [0.29, 0.717) is 32.9 Å². The molecule has 1 aromatic heterocycles. The van der Waals surface area contributed by atoms with Gasteiger partial charge in [0, 0.05) is 11.1 Å². The van der Waals surface area contributed by atoms with E-state index in [1.807, 2.05) is 6.07 Å². The summed E-state index contributed by atoms with van der Waals surface area (Å²) >= 11 is 1.08. The van der Waals surface area contributed by atoms with Crippen molar-refractivity contribution >= 4 is 34.2 Å². The molecule has 21 heavy (non-hydrogen) atoms. The van der Waals surface area contributed by atoms with Gasteiger partial charge in [0.05, 0.1) is 11.4 Å². The third kappa shape index (κ3) is 2.81. The number of rotatable bonds is 3. The van der Waals surface area contributed by atoms with Crippen molar-refractivity contribution in [3.05, 3.63) is 57.3 Å². The zero-order valence-electron chi connectivity index (χ0n) is 11.0. The van der Waals surface area contributed by atoms with Crippen LogP contribution in [-0.4, -0.2) is 12.2 Å². The number of aldehydes is 1. The van der Waals surface area contributed by atoms with Crippen molar-refractivity contribution in [2.75, 3.05) is 5.32 Å². The molecule has 102 valence electrons. The van der Waals surface area contributed by atoms with Crippen molar-refractivity contribution in [1.82, 2.24) is 0 Å². The molecule has 1 amide bonds. The van der Waals surface area contributed by atoms with E-state index in [1.54, 1.807) is 6.92 Å². The first-order valence-corrected chi connectivity index (χ1v) is 6.70. The second-order valence-electron chi connectivity index (χ2n) is 4.15. The molecule has 0 atom stereocenters. The Bertz CT molecular complexity index is 792. The first kappa shape index (κ1) is 14.4. The number of hydrogen-bond acceptors (Lipinski definition) is 4. The Morgan fingerprint density at radius 3 is 2.62 bits per heavy atom. The van der Waals surface area contributed by atoms with Gasteiger partial charge in [0.25, 0.3) is 5.91 Å². The molecule has 0 radical (unpaired) electrons. The minimum Gasteiger partial charge on any atom is -0.322 e. The van der Waals surface area contributed by atoms with Gasteiger partial charge in [-0.1, -0.05) is 12.1 Å². The second kappa shape index (κ2) is 6.00. The molecule has 0 bridgehead atoms. The molecule has 5 nitrogen and oxygen atoms in total. The molecule has 0 unspecified atom stereocenters. The fourth-order valence-corrected chi connectivity index (χ4v) is 2.66. The minimum atomic E-state index is -0.386. The van der Waals surface area contributed by atoms with Crippen LogP contribution in [0, 0.1) is 24.8 Å². The van der Waals surface area contributed by atoms with Gasteiger partial charge in [0.2, 0.25) is 5.69 Å². The molecule has 6 heteroatoms. The molecule has 0 spiro atoms. The van der Waals surface area contributed by atoms with Crippen LogP contribution in [0.25, 0.3) is 4.85 Å². The summed E-state index contributed by atoms with van der Waals surface area (Å²) in [5.74, 6) is -0.386. The van der Waals surface area contributed by atoms with E-state index in [2.05, 4.69) is 10.2 Å². The first-order valence-electron chi connectivity index (χ1n) is 5.88. The fraction of sp³-hybridized carbons (Fsp3) is 0.0667. The lowest BCUT2D eigenvalue weighted by Gasteiger charge is -2.03. The second-order valence-corrected chi connectivity index (χ2v) is 5.17. The van der Waals surface area contributed by atoms with Crippen LogP contribution in [0.3, 0.4) is 0 Å². The van der Waals surface area contributed by atoms with Crippen LogP contribution < -0.4 is 5.32 Å². The maximum Gasteiger partial charge on any atom is 0.255 e. The molecule has 0 saturated carbocycles. The van der Waals surface area contributed by atoms with Crippen molar-refractivity contribution in [3.8, 4) is 6.07 Å². The van der Waals surface area contributed by atoms with E-state index >= 15 is 0 Å². The summed E-state index contributed by atoms with van der Waals surface area (Å²) < 4.78 is 0. The van der Waals surface area contributed by atoms with E-state index < -0.39 is 0 Å². The Morgan fingerprint density at radius 2 is 2.10 bits per heavy atom. The van der Waals surface area contributed by atoms with E-state index in [4.69, 9.17) is 11.8 Å². The highest BCUT2D eigenvalue weighted by atomic mass is 32.1. The lowest BCUT2D eigenvalue weighted by atomic mass is 10.1. The number of nitriles is 1. The first-order chi connectivity index (χ1) is 10.1. The lowest BCUT2D eigenvalue weighted by Crippen LogP contribution is -2.10. The van der Waals surface area contributed by atoms with Crippen LogP contribution in [0.2, 0.25) is 0 Å². The highest BCUT2D eigenvalue weighted by Gasteiger charge is 2.17. The number of nitrogens with zero attached hydrogens (tertiary/aromatic N) is 2. The number of anilines is 1. The van der Waals surface area contributed by atoms with Crippen LogP contribution in [0.4, 0.5) is 10.7 Å². The third-order valence-electron chi connectivity index (χ3n) is 2.86. The Hall–Kier alpha value is -2.96. The summed E-state index contributed by atoms with van der Waals surface area (Å²) in [6.45, 7) is 8.83. The van der Waals surface area contributed by atoms with Gasteiger partial charge in [-0.25, -0.2) is 4.85 Å². The smallest absolute Gasteiger partial charge is 0.255 e. The number of carbonyl (C=O) groups is 2. The normalized spacial score (nSPS) is 9.48. The molecule has 2 aromatic rings. The highest BCUT2D eigenvalue weighted by Crippen LogP contribution is 2.39. The number of carbonyl (C=O) groups excluding carboxylic acids is 2. The van der Waals surface area contributed by atoms with Crippen LogP contribution in [-0.2, 0) is 0 Å². The lowest BCUT2D eigenvalue weighted by molar-refractivity contribution is 0.102. The van der Waals surface area contributed by atoms with Crippen molar-refractivity contribution in [3.63, 3.8) is 0 Å². The van der Waals surface area contributed by atoms with E-state index in [-0.39, 0.29) is 11.6 Å². The Kier molecular flexibility index (Phi) is 4.13. The van der Waals surface area contributed by atoms with Gasteiger partial charge in [-0.3, -0.25) is 9.59 Å². The minimum absolute atomic E-state index is 0.286. The van der Waals surface area contributed by atoms with Gasteiger partial charge in [0.1, 0.15) is 17.4 Å². The van der Waals surface area contributed by atoms with Gasteiger partial charge < -0.3 is 5.32 Å². The number of thiophene rings is 1. The van der Waals surface area contributed by atoms with Crippen molar-refractivity contribution < 1.29 is 9.59 Å². The number of hydrogen-bond donors (Lipinski definition) is 1. The van der Waals surface area contributed by atoms with Crippen molar-refractivity contribution in [2.24, 2.45) is 0 Å². The van der Waals surface area contributed by atoms with Crippen LogP contribution in [0.1, 0.15) is 31.2 Å². The topological polar surface area (TPSA) is 74.3 Å². The molecule has 0 aliphatic heterocycles. The van der Waals surface area contributed by atoms with E-state index in [9.17, 15) is 9.59 Å². The summed E-state index contributed by atoms with van der Waals surface area (Å²) in [5.41, 5.74) is 1.71. The highest BCUT2D eigenvalue weighted by molar-refractivity contribution is 7.17. The number of nitrogens with one attached hydrogen (secondary N) is 1. The zero-order valence-corrected chi connectivity index (χ0v) is 11.8. The maximum atomic E-state index is 12.1. The molecule has 1 heterocycles. The quantitative estimate of drug-likeness (QED) is 0.695. The molecule has 1 N–H and O–H groups in total. The summed E-state index contributed by atoms with van der Waals surface area (Å²) in [4.78, 5) is 26.5. The molecular weight excluding hydrogens is 286 g/mol. The van der Waals surface area contributed by atoms with Gasteiger partial charge in [-0.05, 0) is 24.6 Å². The Morgan fingerprint density at radius 1 is 1.43 bits per heavy atom.